The second-order valence-electron chi connectivity index (χ2n) is 8.23. The van der Waals surface area contributed by atoms with E-state index in [0.717, 1.165) is 95.8 Å². The Morgan fingerprint density at radius 3 is 2.97 bits per heavy atom. The predicted octanol–water partition coefficient (Wildman–Crippen LogP) is 5.00. The predicted molar refractivity (Wildman–Crippen MR) is 120 cm³/mol. The summed E-state index contributed by atoms with van der Waals surface area (Å²) in [4.78, 5) is 20.4. The van der Waals surface area contributed by atoms with E-state index >= 15 is 0 Å². The molecule has 4 heterocycles. The number of nitrogens with zero attached hydrogens (tertiary/aromatic N) is 4. The van der Waals surface area contributed by atoms with Crippen molar-refractivity contribution in [3.05, 3.63) is 51.5 Å². The third-order valence-electron chi connectivity index (χ3n) is 6.19. The van der Waals surface area contributed by atoms with E-state index in [4.69, 9.17) is 9.40 Å². The number of hydrogen-bond acceptors (Lipinski definition) is 7. The summed E-state index contributed by atoms with van der Waals surface area (Å²) in [6.45, 7) is 4.73. The second-order valence-corrected chi connectivity index (χ2v) is 9.29. The molecule has 0 spiro atoms. The Morgan fingerprint density at radius 2 is 2.13 bits per heavy atom. The van der Waals surface area contributed by atoms with E-state index in [-0.39, 0.29) is 11.9 Å². The van der Waals surface area contributed by atoms with E-state index in [2.05, 4.69) is 22.4 Å². The zero-order chi connectivity index (χ0) is 21.4. The summed E-state index contributed by atoms with van der Waals surface area (Å²) in [6, 6.07) is 5.90. The molecule has 162 valence electrons. The van der Waals surface area contributed by atoms with E-state index in [0.29, 0.717) is 0 Å². The minimum Gasteiger partial charge on any atom is -0.465 e. The minimum absolute atomic E-state index is 0.0246. The second kappa shape index (κ2) is 8.42. The highest BCUT2D eigenvalue weighted by atomic mass is 32.1. The van der Waals surface area contributed by atoms with Gasteiger partial charge in [0, 0.05) is 18.5 Å². The fourth-order valence-electron chi connectivity index (χ4n) is 4.71. The fourth-order valence-corrected chi connectivity index (χ4v) is 5.39. The number of amides is 1. The number of pyridine rings is 1. The Kier molecular flexibility index (Phi) is 5.48. The van der Waals surface area contributed by atoms with Crippen LogP contribution in [-0.2, 0) is 19.3 Å². The average Bonchev–Trinajstić information content (AvgIpc) is 3.51. The fraction of sp³-hybridized carbons (Fsp3) is 0.478. The molecule has 31 heavy (non-hydrogen) atoms. The van der Waals surface area contributed by atoms with Gasteiger partial charge in [0.25, 0.3) is 5.91 Å². The minimum atomic E-state index is -0.0246. The summed E-state index contributed by atoms with van der Waals surface area (Å²) in [7, 11) is 0. The monoisotopic (exact) mass is 437 g/mol. The Hall–Kier alpha value is -2.74. The summed E-state index contributed by atoms with van der Waals surface area (Å²) in [6.07, 6.45) is 6.89. The van der Waals surface area contributed by atoms with Gasteiger partial charge in [0.1, 0.15) is 22.3 Å². The third-order valence-corrected chi connectivity index (χ3v) is 7.17. The summed E-state index contributed by atoms with van der Waals surface area (Å²) in [5, 5.41) is 13.3. The van der Waals surface area contributed by atoms with Crippen LogP contribution in [0.2, 0.25) is 0 Å². The van der Waals surface area contributed by atoms with Gasteiger partial charge in [-0.15, -0.1) is 10.2 Å². The lowest BCUT2D eigenvalue weighted by molar-refractivity contribution is 0.0730. The van der Waals surface area contributed by atoms with Crippen LogP contribution in [0.5, 0.6) is 0 Å². The maximum absolute atomic E-state index is 13.6. The van der Waals surface area contributed by atoms with Crippen molar-refractivity contribution in [3.8, 4) is 0 Å². The van der Waals surface area contributed by atoms with Crippen molar-refractivity contribution in [2.24, 2.45) is 0 Å². The van der Waals surface area contributed by atoms with Gasteiger partial charge in [0.15, 0.2) is 0 Å². The molecule has 1 fully saturated rings. The molecule has 8 heteroatoms. The van der Waals surface area contributed by atoms with Crippen LogP contribution in [0, 0.1) is 6.92 Å². The molecule has 1 atom stereocenters. The first-order valence-electron chi connectivity index (χ1n) is 11.1. The first kappa shape index (κ1) is 20.2. The standard InChI is InChI=1S/C23H27N5O2S/c1-3-20-26-27-23(31-20)25-19-12-6-9-16(24-19)17-10-7-13-28(17)22(29)21-14(2)30-18-11-5-4-8-15(18)21/h6,9,12,17H,3-5,7-8,10-11,13H2,1-2H3,(H,24,25,27)/t17-/m1/s1. The zero-order valence-corrected chi connectivity index (χ0v) is 18.8. The highest BCUT2D eigenvalue weighted by Gasteiger charge is 2.35. The largest absolute Gasteiger partial charge is 0.465 e. The zero-order valence-electron chi connectivity index (χ0n) is 18.0. The summed E-state index contributed by atoms with van der Waals surface area (Å²) in [5.41, 5.74) is 2.83. The highest BCUT2D eigenvalue weighted by Crippen LogP contribution is 2.36. The van der Waals surface area contributed by atoms with E-state index in [1.807, 2.05) is 30.0 Å². The maximum atomic E-state index is 13.6. The molecule has 7 nitrogen and oxygen atoms in total. The van der Waals surface area contributed by atoms with Crippen molar-refractivity contribution < 1.29 is 9.21 Å². The van der Waals surface area contributed by atoms with Crippen molar-refractivity contribution in [1.82, 2.24) is 20.1 Å². The number of likely N-dealkylation sites (tertiary alicyclic amines) is 1. The van der Waals surface area contributed by atoms with E-state index in [9.17, 15) is 4.79 Å². The number of anilines is 2. The van der Waals surface area contributed by atoms with E-state index in [1.54, 1.807) is 0 Å². The van der Waals surface area contributed by atoms with Crippen LogP contribution in [0.25, 0.3) is 0 Å². The molecular weight excluding hydrogens is 410 g/mol. The van der Waals surface area contributed by atoms with Gasteiger partial charge in [-0.05, 0) is 57.6 Å². The van der Waals surface area contributed by atoms with Gasteiger partial charge in [0.05, 0.1) is 17.3 Å². The molecular formula is C23H27N5O2S. The first-order valence-corrected chi connectivity index (χ1v) is 11.9. The van der Waals surface area contributed by atoms with Crippen molar-refractivity contribution in [1.29, 1.82) is 0 Å². The average molecular weight is 438 g/mol. The van der Waals surface area contributed by atoms with Crippen LogP contribution in [0.4, 0.5) is 10.9 Å². The smallest absolute Gasteiger partial charge is 0.258 e. The molecule has 0 bridgehead atoms. The number of carbonyl (C=O) groups excluding carboxylic acids is 1. The first-order chi connectivity index (χ1) is 15.1. The van der Waals surface area contributed by atoms with Crippen molar-refractivity contribution in [2.45, 2.75) is 64.8 Å². The SMILES string of the molecule is CCc1nnc(Nc2cccc([C@H]3CCCN3C(=O)c3c(C)oc4c3CCCC4)n2)s1. The molecule has 0 radical (unpaired) electrons. The molecule has 1 N–H and O–H groups in total. The number of furan rings is 1. The lowest BCUT2D eigenvalue weighted by atomic mass is 9.94. The third kappa shape index (κ3) is 3.84. The van der Waals surface area contributed by atoms with Crippen LogP contribution in [0.3, 0.4) is 0 Å². The quantitative estimate of drug-likeness (QED) is 0.605. The van der Waals surface area contributed by atoms with E-state index in [1.165, 1.54) is 11.3 Å². The normalized spacial score (nSPS) is 18.3. The van der Waals surface area contributed by atoms with Gasteiger partial charge >= 0.3 is 0 Å². The molecule has 5 rings (SSSR count). The van der Waals surface area contributed by atoms with Gasteiger partial charge in [-0.3, -0.25) is 4.79 Å². The maximum Gasteiger partial charge on any atom is 0.258 e. The summed E-state index contributed by atoms with van der Waals surface area (Å²) >= 11 is 1.54. The lowest BCUT2D eigenvalue weighted by Gasteiger charge is -2.25. The van der Waals surface area contributed by atoms with Crippen molar-refractivity contribution in [2.75, 3.05) is 11.9 Å². The van der Waals surface area contributed by atoms with Gasteiger partial charge in [-0.25, -0.2) is 4.98 Å². The lowest BCUT2D eigenvalue weighted by Crippen LogP contribution is -2.32. The number of carbonyl (C=O) groups is 1. The number of fused-ring (bicyclic) bond motifs is 1. The molecule has 3 aromatic rings. The summed E-state index contributed by atoms with van der Waals surface area (Å²) in [5.74, 6) is 2.58. The van der Waals surface area contributed by atoms with Gasteiger partial charge in [-0.2, -0.15) is 0 Å². The van der Waals surface area contributed by atoms with Crippen LogP contribution >= 0.6 is 11.3 Å². The van der Waals surface area contributed by atoms with Crippen LogP contribution in [0.1, 0.15) is 76.8 Å². The Balaban J connectivity index is 1.39. The molecule has 1 saturated heterocycles. The Morgan fingerprint density at radius 1 is 1.26 bits per heavy atom. The number of aromatic nitrogens is 3. The number of nitrogens with one attached hydrogen (secondary N) is 1. The number of hydrogen-bond donors (Lipinski definition) is 1. The molecule has 0 saturated carbocycles. The van der Waals surface area contributed by atoms with Crippen LogP contribution in [-0.4, -0.2) is 32.5 Å². The van der Waals surface area contributed by atoms with Crippen LogP contribution < -0.4 is 5.32 Å². The van der Waals surface area contributed by atoms with Gasteiger partial charge in [0.2, 0.25) is 5.13 Å². The molecule has 0 aromatic carbocycles. The highest BCUT2D eigenvalue weighted by molar-refractivity contribution is 7.15. The molecule has 1 amide bonds. The Labute approximate surface area is 185 Å². The molecule has 0 unspecified atom stereocenters. The van der Waals surface area contributed by atoms with Gasteiger partial charge in [-0.1, -0.05) is 24.3 Å². The van der Waals surface area contributed by atoms with Crippen molar-refractivity contribution in [3.63, 3.8) is 0 Å². The van der Waals surface area contributed by atoms with Gasteiger partial charge < -0.3 is 14.6 Å². The van der Waals surface area contributed by atoms with E-state index < -0.39 is 0 Å². The van der Waals surface area contributed by atoms with Crippen molar-refractivity contribution >= 4 is 28.2 Å². The topological polar surface area (TPSA) is 84.2 Å². The summed E-state index contributed by atoms with van der Waals surface area (Å²) < 4.78 is 5.97. The molecule has 2 aliphatic rings. The van der Waals surface area contributed by atoms with Crippen LogP contribution in [0.15, 0.2) is 22.6 Å². The molecule has 1 aliphatic carbocycles. The number of rotatable bonds is 5. The Bertz CT molecular complexity index is 1110. The molecule has 1 aliphatic heterocycles. The number of aryl methyl sites for hydroxylation is 3. The molecule has 3 aromatic heterocycles.